The minimum absolute atomic E-state index is 0.0436. The van der Waals surface area contributed by atoms with E-state index in [-0.39, 0.29) is 22.5 Å². The lowest BCUT2D eigenvalue weighted by Gasteiger charge is -2.12. The van der Waals surface area contributed by atoms with Crippen LogP contribution in [0.2, 0.25) is 0 Å². The van der Waals surface area contributed by atoms with Crippen molar-refractivity contribution in [2.45, 2.75) is 6.18 Å². The smallest absolute Gasteiger partial charge is 0.319 e. The van der Waals surface area contributed by atoms with Gasteiger partial charge in [0.05, 0.1) is 0 Å². The van der Waals surface area contributed by atoms with Crippen molar-refractivity contribution < 1.29 is 27.2 Å². The second-order valence-electron chi connectivity index (χ2n) is 6.03. The number of halogens is 4. The molecule has 1 heterocycles. The van der Waals surface area contributed by atoms with E-state index >= 15 is 0 Å². The lowest BCUT2D eigenvalue weighted by atomic mass is 9.97. The molecule has 28 heavy (non-hydrogen) atoms. The fourth-order valence-electron chi connectivity index (χ4n) is 3.14. The van der Waals surface area contributed by atoms with Gasteiger partial charge in [0.1, 0.15) is 5.69 Å². The summed E-state index contributed by atoms with van der Waals surface area (Å²) in [5.74, 6) is -4.47. The van der Waals surface area contributed by atoms with Crippen LogP contribution < -0.4 is 5.32 Å². The van der Waals surface area contributed by atoms with Crippen molar-refractivity contribution in [3.63, 3.8) is 0 Å². The molecule has 0 spiro atoms. The molecule has 4 rings (SSSR count). The molecule has 2 aromatic carbocycles. The summed E-state index contributed by atoms with van der Waals surface area (Å²) in [5, 5.41) is 3.27. The maximum atomic E-state index is 13.1. The van der Waals surface area contributed by atoms with Gasteiger partial charge in [-0.25, -0.2) is 14.4 Å². The summed E-state index contributed by atoms with van der Waals surface area (Å²) >= 11 is 0. The highest BCUT2D eigenvalue weighted by molar-refractivity contribution is 6.27. The number of amides is 1. The van der Waals surface area contributed by atoms with Gasteiger partial charge in [-0.05, 0) is 11.5 Å². The van der Waals surface area contributed by atoms with E-state index in [4.69, 9.17) is 0 Å². The van der Waals surface area contributed by atoms with E-state index in [1.807, 2.05) is 0 Å². The average molecular weight is 387 g/mol. The van der Waals surface area contributed by atoms with Crippen LogP contribution in [0.25, 0.3) is 21.9 Å². The lowest BCUT2D eigenvalue weighted by Crippen LogP contribution is -2.13. The molecule has 3 aromatic rings. The van der Waals surface area contributed by atoms with Crippen LogP contribution in [0.3, 0.4) is 0 Å². The summed E-state index contributed by atoms with van der Waals surface area (Å²) in [6.45, 7) is 2.91. The summed E-state index contributed by atoms with van der Waals surface area (Å²) in [4.78, 5) is 31.1. The van der Waals surface area contributed by atoms with Crippen LogP contribution in [0.15, 0.2) is 48.9 Å². The zero-order chi connectivity index (χ0) is 20.2. The fourth-order valence-corrected chi connectivity index (χ4v) is 3.14. The predicted octanol–water partition coefficient (Wildman–Crippen LogP) is 4.28. The normalized spacial score (nSPS) is 12.6. The third-order valence-corrected chi connectivity index (χ3v) is 4.31. The van der Waals surface area contributed by atoms with Crippen LogP contribution in [-0.4, -0.2) is 21.7 Å². The molecule has 140 valence electrons. The summed E-state index contributed by atoms with van der Waals surface area (Å²) < 4.78 is 51.9. The van der Waals surface area contributed by atoms with Gasteiger partial charge in [0.15, 0.2) is 5.83 Å². The molecule has 9 heteroatoms. The Morgan fingerprint density at radius 3 is 2.43 bits per heavy atom. The molecule has 0 fully saturated rings. The number of hydrogen-bond donors (Lipinski definition) is 1. The molecule has 0 saturated carbocycles. The molecule has 0 bridgehead atoms. The highest BCUT2D eigenvalue weighted by Crippen LogP contribution is 2.43. The van der Waals surface area contributed by atoms with E-state index in [1.165, 1.54) is 6.07 Å². The molecule has 0 radical (unpaired) electrons. The Morgan fingerprint density at radius 2 is 1.79 bits per heavy atom. The van der Waals surface area contributed by atoms with Crippen molar-refractivity contribution in [2.75, 3.05) is 5.32 Å². The highest BCUT2D eigenvalue weighted by atomic mass is 19.4. The third-order valence-electron chi connectivity index (χ3n) is 4.31. The Balaban J connectivity index is 1.97. The molecule has 0 saturated heterocycles. The van der Waals surface area contributed by atoms with Crippen molar-refractivity contribution in [2.24, 2.45) is 0 Å². The SMILES string of the molecule is C=C(F)C(=O)Nc1cc2c(c3ccccc13)-c1cnc(C(F)(F)F)nc1C2=O. The topological polar surface area (TPSA) is 72.0 Å². The van der Waals surface area contributed by atoms with Crippen LogP contribution in [0.1, 0.15) is 21.9 Å². The number of carbonyl (C=O) groups is 2. The molecule has 1 aliphatic rings. The first kappa shape index (κ1) is 17.8. The molecule has 1 aromatic heterocycles. The first-order valence-electron chi connectivity index (χ1n) is 7.89. The number of carbonyl (C=O) groups excluding carboxylic acids is 2. The number of hydrogen-bond acceptors (Lipinski definition) is 4. The number of ketones is 1. The Bertz CT molecular complexity index is 1200. The molecule has 0 aliphatic heterocycles. The van der Waals surface area contributed by atoms with Crippen LogP contribution in [0, 0.1) is 0 Å². The Kier molecular flexibility index (Phi) is 3.77. The molecule has 0 atom stereocenters. The molecule has 0 unspecified atom stereocenters. The van der Waals surface area contributed by atoms with Crippen LogP contribution in [0.5, 0.6) is 0 Å². The number of fused-ring (bicyclic) bond motifs is 5. The quantitative estimate of drug-likeness (QED) is 0.412. The van der Waals surface area contributed by atoms with E-state index in [0.29, 0.717) is 16.3 Å². The van der Waals surface area contributed by atoms with E-state index < -0.39 is 29.5 Å². The van der Waals surface area contributed by atoms with Gasteiger partial charge in [0, 0.05) is 34.0 Å². The van der Waals surface area contributed by atoms with Gasteiger partial charge >= 0.3 is 6.18 Å². The van der Waals surface area contributed by atoms with Crippen molar-refractivity contribution >= 4 is 28.2 Å². The molecule has 1 amide bonds. The second-order valence-corrected chi connectivity index (χ2v) is 6.03. The van der Waals surface area contributed by atoms with Crippen molar-refractivity contribution in [1.29, 1.82) is 0 Å². The number of rotatable bonds is 2. The number of benzene rings is 2. The second kappa shape index (κ2) is 5.95. The number of anilines is 1. The maximum Gasteiger partial charge on any atom is 0.451 e. The first-order valence-corrected chi connectivity index (χ1v) is 7.89. The number of nitrogens with zero attached hydrogens (tertiary/aromatic N) is 2. The lowest BCUT2D eigenvalue weighted by molar-refractivity contribution is -0.145. The number of alkyl halides is 3. The van der Waals surface area contributed by atoms with Gasteiger partial charge in [-0.3, -0.25) is 9.59 Å². The van der Waals surface area contributed by atoms with E-state index in [0.717, 1.165) is 6.20 Å². The standard InChI is InChI=1S/C19H9F4N3O2/c1-8(20)17(28)25-13-6-11-14(10-5-3-2-4-9(10)13)12-7-24-18(19(21,22)23)26-15(12)16(11)27/h2-7H,1H2,(H,25,28). The summed E-state index contributed by atoms with van der Waals surface area (Å²) in [6, 6.07) is 7.87. The van der Waals surface area contributed by atoms with Crippen molar-refractivity contribution in [1.82, 2.24) is 9.97 Å². The minimum Gasteiger partial charge on any atom is -0.319 e. The van der Waals surface area contributed by atoms with E-state index in [1.54, 1.807) is 24.3 Å². The molecular weight excluding hydrogens is 378 g/mol. The van der Waals surface area contributed by atoms with Crippen LogP contribution in [-0.2, 0) is 11.0 Å². The zero-order valence-corrected chi connectivity index (χ0v) is 13.9. The van der Waals surface area contributed by atoms with Gasteiger partial charge in [0.2, 0.25) is 11.6 Å². The fraction of sp³-hybridized carbons (Fsp3) is 0.0526. The number of aromatic nitrogens is 2. The zero-order valence-electron chi connectivity index (χ0n) is 13.9. The van der Waals surface area contributed by atoms with Gasteiger partial charge in [-0.1, -0.05) is 30.8 Å². The first-order chi connectivity index (χ1) is 13.2. The van der Waals surface area contributed by atoms with E-state index in [9.17, 15) is 27.2 Å². The van der Waals surface area contributed by atoms with Gasteiger partial charge in [-0.2, -0.15) is 13.2 Å². The Hall–Kier alpha value is -3.62. The monoisotopic (exact) mass is 387 g/mol. The highest BCUT2D eigenvalue weighted by Gasteiger charge is 2.39. The number of nitrogens with one attached hydrogen (secondary N) is 1. The van der Waals surface area contributed by atoms with E-state index in [2.05, 4.69) is 21.9 Å². The largest absolute Gasteiger partial charge is 0.451 e. The molecular formula is C19H9F4N3O2. The van der Waals surface area contributed by atoms with Crippen molar-refractivity contribution in [3.8, 4) is 11.1 Å². The van der Waals surface area contributed by atoms with Gasteiger partial charge < -0.3 is 5.32 Å². The minimum atomic E-state index is -4.80. The third kappa shape index (κ3) is 2.63. The Morgan fingerprint density at radius 1 is 1.11 bits per heavy atom. The summed E-state index contributed by atoms with van der Waals surface area (Å²) in [7, 11) is 0. The summed E-state index contributed by atoms with van der Waals surface area (Å²) in [6.07, 6.45) is -3.84. The average Bonchev–Trinajstić information content (AvgIpc) is 2.93. The van der Waals surface area contributed by atoms with Gasteiger partial charge in [-0.15, -0.1) is 0 Å². The van der Waals surface area contributed by atoms with Crippen LogP contribution in [0.4, 0.5) is 23.2 Å². The van der Waals surface area contributed by atoms with Crippen molar-refractivity contribution in [3.05, 3.63) is 66.0 Å². The maximum absolute atomic E-state index is 13.1. The molecule has 1 aliphatic carbocycles. The molecule has 1 N–H and O–H groups in total. The van der Waals surface area contributed by atoms with Crippen LogP contribution >= 0.6 is 0 Å². The Labute approximate surface area is 154 Å². The molecule has 5 nitrogen and oxygen atoms in total. The van der Waals surface area contributed by atoms with Gasteiger partial charge in [0.25, 0.3) is 5.91 Å². The predicted molar refractivity (Wildman–Crippen MR) is 92.3 cm³/mol. The summed E-state index contributed by atoms with van der Waals surface area (Å²) in [5.41, 5.74) is 0.324.